The fourth-order valence-corrected chi connectivity index (χ4v) is 4.93. The first-order chi connectivity index (χ1) is 22.6. The van der Waals surface area contributed by atoms with E-state index in [1.54, 1.807) is 0 Å². The Balaban J connectivity index is 4.58. The Bertz CT molecular complexity index is 917. The summed E-state index contributed by atoms with van der Waals surface area (Å²) in [6.45, 7) is 4.50. The van der Waals surface area contributed by atoms with Crippen LogP contribution in [0.1, 0.15) is 129 Å². The molecule has 0 saturated carbocycles. The van der Waals surface area contributed by atoms with Gasteiger partial charge in [-0.2, -0.15) is 0 Å². The fourth-order valence-electron chi connectivity index (χ4n) is 4.93. The molecular weight excluding hydrogens is 594 g/mol. The predicted octanol–water partition coefficient (Wildman–Crippen LogP) is 8.90. The molecule has 1 N–H and O–H groups in total. The molecule has 0 aromatic rings. The minimum Gasteiger partial charge on any atom is -0.477 e. The van der Waals surface area contributed by atoms with Gasteiger partial charge in [-0.1, -0.05) is 120 Å². The number of hydrogen-bond donors (Lipinski definition) is 1. The van der Waals surface area contributed by atoms with Crippen LogP contribution in [0.4, 0.5) is 0 Å². The van der Waals surface area contributed by atoms with Gasteiger partial charge >= 0.3 is 17.9 Å². The minimum absolute atomic E-state index is 0.0325. The third-order valence-electron chi connectivity index (χ3n) is 7.76. The summed E-state index contributed by atoms with van der Waals surface area (Å²) in [4.78, 5) is 36.6. The highest BCUT2D eigenvalue weighted by Crippen LogP contribution is 2.13. The van der Waals surface area contributed by atoms with E-state index in [-0.39, 0.29) is 42.7 Å². The second-order valence-electron chi connectivity index (χ2n) is 13.1. The van der Waals surface area contributed by atoms with Gasteiger partial charge in [0.2, 0.25) is 0 Å². The lowest BCUT2D eigenvalue weighted by atomic mass is 10.1. The van der Waals surface area contributed by atoms with Crippen LogP contribution in [0.2, 0.25) is 0 Å². The summed E-state index contributed by atoms with van der Waals surface area (Å²) in [5.41, 5.74) is 0. The zero-order chi connectivity index (χ0) is 35.0. The SMILES string of the molecule is CC/C=C\C/C=C\C/C=C\C/C=C\CCC(=O)OC(COCCC(C(=O)O)[N+](C)(C)C)COC(=O)CCCCCCCCCCCC. The van der Waals surface area contributed by atoms with Crippen molar-refractivity contribution >= 4 is 17.9 Å². The predicted molar refractivity (Wildman–Crippen MR) is 192 cm³/mol. The molecule has 0 rings (SSSR count). The molecule has 0 spiro atoms. The van der Waals surface area contributed by atoms with Crippen molar-refractivity contribution in [1.29, 1.82) is 0 Å². The Hall–Kier alpha value is -2.71. The maximum atomic E-state index is 12.6. The number of carbonyl (C=O) groups is 3. The maximum Gasteiger partial charge on any atom is 0.362 e. The largest absolute Gasteiger partial charge is 0.477 e. The van der Waals surface area contributed by atoms with Crippen molar-refractivity contribution in [1.82, 2.24) is 0 Å². The summed E-state index contributed by atoms with van der Waals surface area (Å²) >= 11 is 0. The Morgan fingerprint density at radius 3 is 1.72 bits per heavy atom. The number of quaternary nitrogens is 1. The van der Waals surface area contributed by atoms with Crippen LogP contribution in [0.25, 0.3) is 0 Å². The second kappa shape index (κ2) is 30.6. The van der Waals surface area contributed by atoms with Crippen molar-refractivity contribution in [2.45, 2.75) is 142 Å². The number of allylic oxidation sites excluding steroid dienone is 8. The maximum absolute atomic E-state index is 12.6. The number of carbonyl (C=O) groups excluding carboxylic acids is 2. The van der Waals surface area contributed by atoms with Gasteiger partial charge in [-0.05, 0) is 38.5 Å². The number of hydrogen-bond acceptors (Lipinski definition) is 6. The Morgan fingerprint density at radius 2 is 1.19 bits per heavy atom. The molecule has 0 bridgehead atoms. The lowest BCUT2D eigenvalue weighted by Gasteiger charge is -2.31. The first-order valence-corrected chi connectivity index (χ1v) is 18.2. The van der Waals surface area contributed by atoms with Crippen LogP contribution in [-0.4, -0.2) is 80.6 Å². The van der Waals surface area contributed by atoms with E-state index < -0.39 is 18.1 Å². The molecule has 0 fully saturated rings. The molecular formula is C39H68NO7+. The standard InChI is InChI=1S/C39H67NO7/c1-6-8-10-12-14-16-18-19-20-22-24-26-28-30-38(42)47-35(33-45-32-31-36(39(43)44)40(3,4)5)34-46-37(41)29-27-25-23-21-17-15-13-11-9-7-2/h8,10,14,16,19-20,24,26,35-36H,6-7,9,11-13,15,17-18,21-23,25,27-34H2,1-5H3/p+1/b10-8-,16-14-,20-19-,26-24-. The quantitative estimate of drug-likeness (QED) is 0.0343. The molecule has 0 aliphatic carbocycles. The Labute approximate surface area is 286 Å². The molecule has 47 heavy (non-hydrogen) atoms. The van der Waals surface area contributed by atoms with Gasteiger partial charge in [0.25, 0.3) is 0 Å². The summed E-state index contributed by atoms with van der Waals surface area (Å²) in [5, 5.41) is 9.56. The van der Waals surface area contributed by atoms with Gasteiger partial charge in [-0.3, -0.25) is 9.59 Å². The highest BCUT2D eigenvalue weighted by atomic mass is 16.6. The third-order valence-corrected chi connectivity index (χ3v) is 7.76. The molecule has 8 nitrogen and oxygen atoms in total. The van der Waals surface area contributed by atoms with Gasteiger partial charge < -0.3 is 23.8 Å². The Morgan fingerprint density at radius 1 is 0.660 bits per heavy atom. The van der Waals surface area contributed by atoms with Crippen LogP contribution in [0.5, 0.6) is 0 Å². The lowest BCUT2D eigenvalue weighted by molar-refractivity contribution is -0.887. The van der Waals surface area contributed by atoms with E-state index in [1.165, 1.54) is 44.9 Å². The number of rotatable bonds is 31. The number of nitrogens with zero attached hydrogens (tertiary/aromatic N) is 1. The molecule has 2 unspecified atom stereocenters. The molecule has 0 amide bonds. The summed E-state index contributed by atoms with van der Waals surface area (Å²) < 4.78 is 17.1. The van der Waals surface area contributed by atoms with Crippen molar-refractivity contribution in [3.8, 4) is 0 Å². The third kappa shape index (κ3) is 29.2. The van der Waals surface area contributed by atoms with E-state index >= 15 is 0 Å². The number of ether oxygens (including phenoxy) is 3. The van der Waals surface area contributed by atoms with Crippen molar-refractivity contribution in [3.05, 3.63) is 48.6 Å². The molecule has 270 valence electrons. The molecule has 0 saturated heterocycles. The van der Waals surface area contributed by atoms with Gasteiger partial charge in [0.05, 0.1) is 34.4 Å². The number of carboxylic acid groups (broad SMARTS) is 1. The number of likely N-dealkylation sites (N-methyl/N-ethyl adjacent to an activating group) is 1. The first-order valence-electron chi connectivity index (χ1n) is 18.2. The molecule has 8 heteroatoms. The normalized spacial score (nSPS) is 13.6. The van der Waals surface area contributed by atoms with Gasteiger partial charge in [0, 0.05) is 19.3 Å². The lowest BCUT2D eigenvalue weighted by Crippen LogP contribution is -2.50. The number of aliphatic carboxylic acids is 1. The van der Waals surface area contributed by atoms with E-state index in [9.17, 15) is 19.5 Å². The van der Waals surface area contributed by atoms with Crippen LogP contribution < -0.4 is 0 Å². The summed E-state index contributed by atoms with van der Waals surface area (Å²) in [5.74, 6) is -1.58. The number of carboxylic acids is 1. The van der Waals surface area contributed by atoms with E-state index in [1.807, 2.05) is 33.3 Å². The Kier molecular flexibility index (Phi) is 28.8. The number of unbranched alkanes of at least 4 members (excludes halogenated alkanes) is 9. The van der Waals surface area contributed by atoms with Crippen molar-refractivity contribution < 1.29 is 38.2 Å². The zero-order valence-corrected chi connectivity index (χ0v) is 30.5. The minimum atomic E-state index is -0.888. The molecule has 0 heterocycles. The van der Waals surface area contributed by atoms with Crippen LogP contribution in [0, 0.1) is 0 Å². The van der Waals surface area contributed by atoms with E-state index in [2.05, 4.69) is 50.3 Å². The fraction of sp³-hybridized carbons (Fsp3) is 0.718. The van der Waals surface area contributed by atoms with Crippen molar-refractivity contribution in [2.24, 2.45) is 0 Å². The average Bonchev–Trinajstić information content (AvgIpc) is 3.01. The van der Waals surface area contributed by atoms with E-state index in [4.69, 9.17) is 14.2 Å². The van der Waals surface area contributed by atoms with Crippen molar-refractivity contribution in [3.63, 3.8) is 0 Å². The average molecular weight is 663 g/mol. The molecule has 0 aromatic heterocycles. The molecule has 0 aliphatic rings. The number of esters is 2. The smallest absolute Gasteiger partial charge is 0.362 e. The van der Waals surface area contributed by atoms with Gasteiger partial charge in [-0.25, -0.2) is 4.79 Å². The highest BCUT2D eigenvalue weighted by molar-refractivity contribution is 5.72. The molecule has 0 aromatic carbocycles. The van der Waals surface area contributed by atoms with E-state index in [0.29, 0.717) is 19.3 Å². The van der Waals surface area contributed by atoms with Crippen LogP contribution in [-0.2, 0) is 28.6 Å². The van der Waals surface area contributed by atoms with Crippen LogP contribution >= 0.6 is 0 Å². The first kappa shape index (κ1) is 44.3. The van der Waals surface area contributed by atoms with Gasteiger partial charge in [-0.15, -0.1) is 0 Å². The topological polar surface area (TPSA) is 99.1 Å². The molecule has 2 atom stereocenters. The summed E-state index contributed by atoms with van der Waals surface area (Å²) in [6.07, 6.45) is 33.1. The van der Waals surface area contributed by atoms with Gasteiger partial charge in [0.1, 0.15) is 6.61 Å². The molecule has 0 aliphatic heterocycles. The second-order valence-corrected chi connectivity index (χ2v) is 13.1. The molecule has 0 radical (unpaired) electrons. The monoisotopic (exact) mass is 662 g/mol. The highest BCUT2D eigenvalue weighted by Gasteiger charge is 2.31. The van der Waals surface area contributed by atoms with E-state index in [0.717, 1.165) is 44.9 Å². The van der Waals surface area contributed by atoms with Gasteiger partial charge in [0.15, 0.2) is 12.1 Å². The summed E-state index contributed by atoms with van der Waals surface area (Å²) in [6, 6.07) is -0.624. The van der Waals surface area contributed by atoms with Crippen molar-refractivity contribution in [2.75, 3.05) is 41.0 Å². The van der Waals surface area contributed by atoms with Crippen LogP contribution in [0.15, 0.2) is 48.6 Å². The van der Waals surface area contributed by atoms with Crippen LogP contribution in [0.3, 0.4) is 0 Å². The summed E-state index contributed by atoms with van der Waals surface area (Å²) in [7, 11) is 5.48. The zero-order valence-electron chi connectivity index (χ0n) is 30.5.